The van der Waals surface area contributed by atoms with E-state index in [-0.39, 0.29) is 59.4 Å². The highest BCUT2D eigenvalue weighted by molar-refractivity contribution is 6.06. The van der Waals surface area contributed by atoms with Crippen molar-refractivity contribution in [3.63, 3.8) is 0 Å². The van der Waals surface area contributed by atoms with Gasteiger partial charge < -0.3 is 65.0 Å². The SMILES string of the molecule is COc1ccc(C2=CN3C(=O)c4cc(OC)c(OCCCCCOc5cc6c(cc5OC)C(=O)N5CC7(CC7)C[C@H]5C(O)N6C(=O)OCc5ccc(NC(=O)[C@H](C)NC(=O)[C@@H](N)C(C)C)cc5)cc4NC[C@@H]3C2)cc1. The zero-order valence-electron chi connectivity index (χ0n) is 43.3. The van der Waals surface area contributed by atoms with E-state index in [1.807, 2.05) is 50.4 Å². The van der Waals surface area contributed by atoms with Crippen molar-refractivity contribution in [3.8, 4) is 28.7 Å². The fourth-order valence-corrected chi connectivity index (χ4v) is 10.2. The lowest BCUT2D eigenvalue weighted by Gasteiger charge is -2.31. The molecule has 0 radical (unpaired) electrons. The van der Waals surface area contributed by atoms with Crippen LogP contribution in [0.4, 0.5) is 21.9 Å². The third-order valence-corrected chi connectivity index (χ3v) is 14.9. The molecule has 4 aliphatic heterocycles. The normalized spacial score (nSPS) is 19.8. The summed E-state index contributed by atoms with van der Waals surface area (Å²) in [7, 11) is 4.66. The standard InChI is InChI=1S/C56H67N7O12/c1-32(2)49(57)51(65)59-33(3)50(64)60-37-14-10-34(11-15-37)30-75-55(69)63-43-26-48(46(72-6)24-41(43)53(67)62-31-56(18-19-56)27-44(62)54(63)68)74-21-9-7-8-20-73-47-25-42-40(23-45(47)71-5)52(66)61-29-36(22-38(61)28-58-42)35-12-16-39(70-4)17-13-35/h10-17,23-26,29,32-33,38,44,49,54,58,68H,7-9,18-22,27-28,30-31,57H2,1-6H3,(H,59,65)(H,60,64)/t33-,38-,44-,49-,54?/m0/s1. The summed E-state index contributed by atoms with van der Waals surface area (Å²) < 4.78 is 35.1. The third-order valence-electron chi connectivity index (χ3n) is 14.9. The van der Waals surface area contributed by atoms with E-state index in [0.29, 0.717) is 85.1 Å². The van der Waals surface area contributed by atoms with Gasteiger partial charge in [0.2, 0.25) is 11.8 Å². The van der Waals surface area contributed by atoms with Gasteiger partial charge in [0, 0.05) is 37.1 Å². The van der Waals surface area contributed by atoms with Crippen molar-refractivity contribution >= 4 is 52.4 Å². The second-order valence-corrected chi connectivity index (χ2v) is 20.4. The van der Waals surface area contributed by atoms with Gasteiger partial charge in [0.25, 0.3) is 11.8 Å². The zero-order valence-corrected chi connectivity index (χ0v) is 43.3. The van der Waals surface area contributed by atoms with Crippen LogP contribution in [-0.2, 0) is 20.9 Å². The molecular weight excluding hydrogens is 963 g/mol. The number of nitrogens with one attached hydrogen (secondary N) is 3. The Morgan fingerprint density at radius 2 is 1.48 bits per heavy atom. The molecule has 2 fully saturated rings. The Labute approximate surface area is 436 Å². The maximum Gasteiger partial charge on any atom is 0.416 e. The van der Waals surface area contributed by atoms with Crippen LogP contribution in [0.1, 0.15) is 97.6 Å². The number of aliphatic hydroxyl groups is 1. The number of unbranched alkanes of at least 4 members (excludes halogenated alkanes) is 2. The number of ether oxygens (including phenoxy) is 6. The summed E-state index contributed by atoms with van der Waals surface area (Å²) in [4.78, 5) is 72.3. The summed E-state index contributed by atoms with van der Waals surface area (Å²) in [6.07, 6.45) is 4.81. The van der Waals surface area contributed by atoms with E-state index in [1.54, 1.807) is 73.4 Å². The molecule has 4 aromatic rings. The van der Waals surface area contributed by atoms with Crippen LogP contribution < -0.4 is 50.3 Å². The van der Waals surface area contributed by atoms with E-state index >= 15 is 0 Å². The molecule has 1 saturated heterocycles. The van der Waals surface area contributed by atoms with Crippen LogP contribution in [0.15, 0.2) is 79.0 Å². The first-order chi connectivity index (χ1) is 36.1. The van der Waals surface area contributed by atoms with Crippen LogP contribution in [0.3, 0.4) is 0 Å². The Balaban J connectivity index is 0.813. The maximum atomic E-state index is 14.3. The van der Waals surface area contributed by atoms with Gasteiger partial charge in [-0.3, -0.25) is 19.2 Å². The van der Waals surface area contributed by atoms with Crippen molar-refractivity contribution in [2.24, 2.45) is 17.1 Å². The molecule has 19 nitrogen and oxygen atoms in total. The summed E-state index contributed by atoms with van der Waals surface area (Å²) in [6.45, 7) is 6.71. The molecule has 0 bridgehead atoms. The van der Waals surface area contributed by atoms with Gasteiger partial charge in [-0.15, -0.1) is 0 Å². The minimum atomic E-state index is -1.41. The number of fused-ring (bicyclic) bond motifs is 4. The molecule has 1 saturated carbocycles. The van der Waals surface area contributed by atoms with Crippen molar-refractivity contribution in [2.45, 2.75) is 103 Å². The molecule has 75 heavy (non-hydrogen) atoms. The summed E-state index contributed by atoms with van der Waals surface area (Å²) in [6, 6.07) is 18.9. The Hall–Kier alpha value is -7.51. The number of carbonyl (C=O) groups is 5. The Morgan fingerprint density at radius 1 is 0.813 bits per heavy atom. The summed E-state index contributed by atoms with van der Waals surface area (Å²) in [5.41, 5.74) is 10.5. The molecule has 4 heterocycles. The van der Waals surface area contributed by atoms with E-state index in [2.05, 4.69) is 16.0 Å². The van der Waals surface area contributed by atoms with Gasteiger partial charge in [-0.05, 0) is 116 Å². The first kappa shape index (κ1) is 52.4. The van der Waals surface area contributed by atoms with Crippen LogP contribution in [0.5, 0.6) is 28.7 Å². The number of amides is 5. The van der Waals surface area contributed by atoms with Gasteiger partial charge in [-0.25, -0.2) is 9.69 Å². The third kappa shape index (κ3) is 11.1. The molecule has 19 heteroatoms. The number of nitrogens with two attached hydrogens (primary N) is 1. The van der Waals surface area contributed by atoms with Gasteiger partial charge in [-0.1, -0.05) is 38.1 Å². The number of benzene rings is 4. The topological polar surface area (TPSA) is 233 Å². The first-order valence-corrected chi connectivity index (χ1v) is 25.6. The molecule has 5 aliphatic rings. The van der Waals surface area contributed by atoms with Crippen molar-refractivity contribution in [3.05, 3.63) is 101 Å². The van der Waals surface area contributed by atoms with Crippen molar-refractivity contribution in [2.75, 3.05) is 63.2 Å². The lowest BCUT2D eigenvalue weighted by molar-refractivity contribution is -0.127. The molecule has 1 spiro atoms. The minimum absolute atomic E-state index is 0.0529. The van der Waals surface area contributed by atoms with E-state index in [4.69, 9.17) is 34.2 Å². The van der Waals surface area contributed by atoms with Crippen molar-refractivity contribution < 1.29 is 57.5 Å². The molecule has 398 valence electrons. The fraction of sp³-hybridized carbons (Fsp3) is 0.446. The van der Waals surface area contributed by atoms with Gasteiger partial charge in [0.15, 0.2) is 29.2 Å². The molecule has 1 unspecified atom stereocenters. The molecule has 5 amide bonds. The van der Waals surface area contributed by atoms with Gasteiger partial charge in [-0.2, -0.15) is 0 Å². The average Bonchev–Trinajstić information content (AvgIpc) is 3.95. The molecule has 5 atom stereocenters. The summed E-state index contributed by atoms with van der Waals surface area (Å²) in [5.74, 6) is 0.943. The fourth-order valence-electron chi connectivity index (χ4n) is 10.2. The number of methoxy groups -OCH3 is 3. The average molecular weight is 1030 g/mol. The molecule has 0 aromatic heterocycles. The van der Waals surface area contributed by atoms with Gasteiger partial charge in [0.05, 0.1) is 75.2 Å². The number of hydrogen-bond acceptors (Lipinski definition) is 14. The van der Waals surface area contributed by atoms with Gasteiger partial charge >= 0.3 is 6.09 Å². The van der Waals surface area contributed by atoms with Crippen LogP contribution >= 0.6 is 0 Å². The lowest BCUT2D eigenvalue weighted by atomic mass is 10.0. The molecular formula is C56H67N7O12. The quantitative estimate of drug-likeness (QED) is 0.0601. The number of rotatable bonds is 19. The maximum absolute atomic E-state index is 14.3. The zero-order chi connectivity index (χ0) is 53.1. The van der Waals surface area contributed by atoms with E-state index in [9.17, 15) is 29.1 Å². The number of hydrogen-bond donors (Lipinski definition) is 5. The predicted molar refractivity (Wildman–Crippen MR) is 280 cm³/mol. The van der Waals surface area contributed by atoms with E-state index in [1.165, 1.54) is 7.11 Å². The predicted octanol–water partition coefficient (Wildman–Crippen LogP) is 6.92. The van der Waals surface area contributed by atoms with Crippen LogP contribution in [0, 0.1) is 11.3 Å². The molecule has 6 N–H and O–H groups in total. The molecule has 9 rings (SSSR count). The lowest BCUT2D eigenvalue weighted by Crippen LogP contribution is -2.50. The monoisotopic (exact) mass is 1030 g/mol. The smallest absolute Gasteiger partial charge is 0.416 e. The van der Waals surface area contributed by atoms with Crippen LogP contribution in [0.25, 0.3) is 5.57 Å². The Bertz CT molecular complexity index is 2830. The van der Waals surface area contributed by atoms with Crippen LogP contribution in [-0.4, -0.2) is 123 Å². The number of nitrogens with zero attached hydrogens (tertiary/aromatic N) is 3. The van der Waals surface area contributed by atoms with Gasteiger partial charge in [0.1, 0.15) is 18.4 Å². The van der Waals surface area contributed by atoms with E-state index < -0.39 is 42.3 Å². The second kappa shape index (κ2) is 22.1. The number of aliphatic hydroxyl groups excluding tert-OH is 1. The van der Waals surface area contributed by atoms with E-state index in [0.717, 1.165) is 41.0 Å². The number of anilines is 3. The Morgan fingerprint density at radius 3 is 2.12 bits per heavy atom. The molecule has 1 aliphatic carbocycles. The highest BCUT2D eigenvalue weighted by Crippen LogP contribution is 2.57. The van der Waals surface area contributed by atoms with Crippen molar-refractivity contribution in [1.82, 2.24) is 15.1 Å². The van der Waals surface area contributed by atoms with Crippen molar-refractivity contribution in [1.29, 1.82) is 0 Å². The summed E-state index contributed by atoms with van der Waals surface area (Å²) in [5, 5.41) is 20.9. The Kier molecular flexibility index (Phi) is 15.5. The first-order valence-electron chi connectivity index (χ1n) is 25.6. The minimum Gasteiger partial charge on any atom is -0.497 e. The summed E-state index contributed by atoms with van der Waals surface area (Å²) >= 11 is 0. The largest absolute Gasteiger partial charge is 0.497 e. The molecule has 4 aromatic carbocycles. The second-order valence-electron chi connectivity index (χ2n) is 20.4. The highest BCUT2D eigenvalue weighted by Gasteiger charge is 2.58. The number of carbonyl (C=O) groups excluding carboxylic acids is 5. The highest BCUT2D eigenvalue weighted by atomic mass is 16.6. The van der Waals surface area contributed by atoms with Crippen LogP contribution in [0.2, 0.25) is 0 Å².